The minimum absolute atomic E-state index is 0.136. The highest BCUT2D eigenvalue weighted by molar-refractivity contribution is 5.86. The second-order valence-electron chi connectivity index (χ2n) is 6.05. The third-order valence-electron chi connectivity index (χ3n) is 4.37. The number of H-pyrrole nitrogens is 1. The van der Waals surface area contributed by atoms with Crippen LogP contribution in [-0.4, -0.2) is 9.97 Å². The van der Waals surface area contributed by atoms with Gasteiger partial charge in [0.25, 0.3) is 0 Å². The Hall–Kier alpha value is -3.14. The molecule has 0 saturated carbocycles. The van der Waals surface area contributed by atoms with Crippen molar-refractivity contribution in [2.45, 2.75) is 13.0 Å². The molecular formula is C21H18FN3. The van der Waals surface area contributed by atoms with Crippen LogP contribution in [0.2, 0.25) is 0 Å². The predicted molar refractivity (Wildman–Crippen MR) is 99.1 cm³/mol. The van der Waals surface area contributed by atoms with E-state index in [1.165, 1.54) is 12.1 Å². The van der Waals surface area contributed by atoms with Gasteiger partial charge in [-0.2, -0.15) is 0 Å². The quantitative estimate of drug-likeness (QED) is 0.539. The van der Waals surface area contributed by atoms with Crippen LogP contribution in [0.3, 0.4) is 0 Å². The van der Waals surface area contributed by atoms with Crippen LogP contribution >= 0.6 is 0 Å². The van der Waals surface area contributed by atoms with Gasteiger partial charge in [-0.1, -0.05) is 24.3 Å². The molecule has 0 radical (unpaired) electrons. The molecule has 1 atom stereocenters. The zero-order valence-electron chi connectivity index (χ0n) is 13.8. The van der Waals surface area contributed by atoms with Crippen LogP contribution < -0.4 is 5.32 Å². The SMILES string of the molecule is Cc1[nH]c2ccccc2c1[C@H](Nc1ccc(F)cc1)c1ccccn1. The third kappa shape index (κ3) is 2.98. The van der Waals surface area contributed by atoms with Crippen molar-refractivity contribution in [2.24, 2.45) is 0 Å². The second-order valence-corrected chi connectivity index (χ2v) is 6.05. The molecule has 2 aromatic carbocycles. The summed E-state index contributed by atoms with van der Waals surface area (Å²) < 4.78 is 13.2. The molecule has 2 heterocycles. The van der Waals surface area contributed by atoms with Crippen molar-refractivity contribution in [2.75, 3.05) is 5.32 Å². The van der Waals surface area contributed by atoms with Gasteiger partial charge in [0, 0.05) is 34.0 Å². The van der Waals surface area contributed by atoms with E-state index in [0.29, 0.717) is 0 Å². The minimum Gasteiger partial charge on any atom is -0.373 e. The first-order valence-electron chi connectivity index (χ1n) is 8.22. The molecular weight excluding hydrogens is 313 g/mol. The smallest absolute Gasteiger partial charge is 0.123 e. The van der Waals surface area contributed by atoms with Gasteiger partial charge >= 0.3 is 0 Å². The summed E-state index contributed by atoms with van der Waals surface area (Å²) in [5, 5.41) is 4.67. The lowest BCUT2D eigenvalue weighted by atomic mass is 9.99. The summed E-state index contributed by atoms with van der Waals surface area (Å²) in [5.41, 5.74) is 5.10. The van der Waals surface area contributed by atoms with E-state index in [0.717, 1.165) is 33.5 Å². The highest BCUT2D eigenvalue weighted by Crippen LogP contribution is 2.33. The average Bonchev–Trinajstić information content (AvgIpc) is 2.98. The van der Waals surface area contributed by atoms with E-state index in [-0.39, 0.29) is 11.9 Å². The number of aryl methyl sites for hydroxylation is 1. The molecule has 0 aliphatic heterocycles. The fraction of sp³-hybridized carbons (Fsp3) is 0.0952. The normalized spacial score (nSPS) is 12.2. The topological polar surface area (TPSA) is 40.7 Å². The molecule has 0 unspecified atom stereocenters. The lowest BCUT2D eigenvalue weighted by Crippen LogP contribution is -2.14. The number of nitrogens with one attached hydrogen (secondary N) is 2. The standard InChI is InChI=1S/C21H18FN3/c1-14-20(17-6-2-3-7-18(17)24-14)21(19-8-4-5-13-23-19)25-16-11-9-15(22)10-12-16/h2-13,21,24-25H,1H3/t21-/m1/s1. The summed E-state index contributed by atoms with van der Waals surface area (Å²) in [6, 6.07) is 20.4. The lowest BCUT2D eigenvalue weighted by Gasteiger charge is -2.20. The molecule has 25 heavy (non-hydrogen) atoms. The van der Waals surface area contributed by atoms with Crippen molar-refractivity contribution in [1.29, 1.82) is 0 Å². The van der Waals surface area contributed by atoms with E-state index >= 15 is 0 Å². The van der Waals surface area contributed by atoms with Crippen molar-refractivity contribution in [3.63, 3.8) is 0 Å². The zero-order chi connectivity index (χ0) is 17.2. The number of nitrogens with zero attached hydrogens (tertiary/aromatic N) is 1. The predicted octanol–water partition coefficient (Wildman–Crippen LogP) is 5.21. The number of halogens is 1. The van der Waals surface area contributed by atoms with Gasteiger partial charge in [-0.15, -0.1) is 0 Å². The van der Waals surface area contributed by atoms with Gasteiger partial charge in [-0.05, 0) is 49.4 Å². The molecule has 0 fully saturated rings. The molecule has 0 saturated heterocycles. The van der Waals surface area contributed by atoms with Crippen molar-refractivity contribution in [1.82, 2.24) is 9.97 Å². The van der Waals surface area contributed by atoms with E-state index in [9.17, 15) is 4.39 Å². The number of fused-ring (bicyclic) bond motifs is 1. The van der Waals surface area contributed by atoms with Crippen molar-refractivity contribution >= 4 is 16.6 Å². The molecule has 2 N–H and O–H groups in total. The van der Waals surface area contributed by atoms with E-state index in [2.05, 4.69) is 34.3 Å². The first-order chi connectivity index (χ1) is 12.2. The highest BCUT2D eigenvalue weighted by atomic mass is 19.1. The number of aromatic nitrogens is 2. The minimum atomic E-state index is -0.247. The Morgan fingerprint density at radius 2 is 1.72 bits per heavy atom. The van der Waals surface area contributed by atoms with Gasteiger partial charge < -0.3 is 10.3 Å². The summed E-state index contributed by atoms with van der Waals surface area (Å²) in [6.07, 6.45) is 1.79. The Morgan fingerprint density at radius 3 is 2.48 bits per heavy atom. The molecule has 0 aliphatic carbocycles. The van der Waals surface area contributed by atoms with Crippen LogP contribution in [0.5, 0.6) is 0 Å². The molecule has 0 amide bonds. The number of hydrogen-bond donors (Lipinski definition) is 2. The second kappa shape index (κ2) is 6.40. The summed E-state index contributed by atoms with van der Waals surface area (Å²) in [5.74, 6) is -0.247. The Balaban J connectivity index is 1.85. The molecule has 3 nitrogen and oxygen atoms in total. The maximum atomic E-state index is 13.2. The maximum Gasteiger partial charge on any atom is 0.123 e. The first-order valence-corrected chi connectivity index (χ1v) is 8.22. The number of pyridine rings is 1. The average molecular weight is 331 g/mol. The number of para-hydroxylation sites is 1. The molecule has 0 bridgehead atoms. The first kappa shape index (κ1) is 15.4. The zero-order valence-corrected chi connectivity index (χ0v) is 13.8. The van der Waals surface area contributed by atoms with Crippen molar-refractivity contribution in [3.05, 3.63) is 95.7 Å². The summed E-state index contributed by atoms with van der Waals surface area (Å²) >= 11 is 0. The summed E-state index contributed by atoms with van der Waals surface area (Å²) in [6.45, 7) is 2.07. The van der Waals surface area contributed by atoms with Gasteiger partial charge in [0.2, 0.25) is 0 Å². The molecule has 124 valence electrons. The van der Waals surface area contributed by atoms with Crippen molar-refractivity contribution in [3.8, 4) is 0 Å². The van der Waals surface area contributed by atoms with Gasteiger partial charge in [0.05, 0.1) is 11.7 Å². The lowest BCUT2D eigenvalue weighted by molar-refractivity contribution is 0.628. The molecule has 4 heteroatoms. The highest BCUT2D eigenvalue weighted by Gasteiger charge is 2.21. The number of benzene rings is 2. The number of hydrogen-bond acceptors (Lipinski definition) is 2. The Labute approximate surface area is 145 Å². The third-order valence-corrected chi connectivity index (χ3v) is 4.37. The van der Waals surface area contributed by atoms with Gasteiger partial charge in [0.1, 0.15) is 5.82 Å². The van der Waals surface area contributed by atoms with Crippen LogP contribution in [0.15, 0.2) is 72.9 Å². The fourth-order valence-electron chi connectivity index (χ4n) is 3.22. The van der Waals surface area contributed by atoms with Gasteiger partial charge in [-0.3, -0.25) is 4.98 Å². The van der Waals surface area contributed by atoms with Crippen LogP contribution in [-0.2, 0) is 0 Å². The maximum absolute atomic E-state index is 13.2. The molecule has 0 aliphatic rings. The Bertz CT molecular complexity index is 991. The summed E-state index contributed by atoms with van der Waals surface area (Å²) in [7, 11) is 0. The number of anilines is 1. The van der Waals surface area contributed by atoms with Gasteiger partial charge in [0.15, 0.2) is 0 Å². The number of aromatic amines is 1. The summed E-state index contributed by atoms with van der Waals surface area (Å²) in [4.78, 5) is 7.99. The van der Waals surface area contributed by atoms with Crippen molar-refractivity contribution < 1.29 is 4.39 Å². The van der Waals surface area contributed by atoms with E-state index in [1.807, 2.05) is 30.3 Å². The number of rotatable bonds is 4. The van der Waals surface area contributed by atoms with Gasteiger partial charge in [-0.25, -0.2) is 4.39 Å². The molecule has 2 aromatic heterocycles. The monoisotopic (exact) mass is 331 g/mol. The Kier molecular flexibility index (Phi) is 3.94. The van der Waals surface area contributed by atoms with Crippen LogP contribution in [0.25, 0.3) is 10.9 Å². The largest absolute Gasteiger partial charge is 0.373 e. The van der Waals surface area contributed by atoms with Crippen LogP contribution in [0, 0.1) is 12.7 Å². The molecule has 4 aromatic rings. The van der Waals surface area contributed by atoms with Crippen LogP contribution in [0.4, 0.5) is 10.1 Å². The van der Waals surface area contributed by atoms with E-state index in [1.54, 1.807) is 18.3 Å². The van der Waals surface area contributed by atoms with E-state index in [4.69, 9.17) is 0 Å². The molecule has 0 spiro atoms. The Morgan fingerprint density at radius 1 is 0.960 bits per heavy atom. The molecule has 4 rings (SSSR count). The van der Waals surface area contributed by atoms with Crippen LogP contribution in [0.1, 0.15) is 23.0 Å². The van der Waals surface area contributed by atoms with E-state index < -0.39 is 0 Å². The fourth-order valence-corrected chi connectivity index (χ4v) is 3.22.